The monoisotopic (exact) mass is 487 g/mol. The number of nitrogens with zero attached hydrogens (tertiary/aromatic N) is 5. The maximum atomic E-state index is 13.6. The molecule has 0 spiro atoms. The Balaban J connectivity index is 1.56. The quantitative estimate of drug-likeness (QED) is 0.520. The fourth-order valence-corrected chi connectivity index (χ4v) is 4.53. The van der Waals surface area contributed by atoms with E-state index in [0.29, 0.717) is 44.5 Å². The van der Waals surface area contributed by atoms with Gasteiger partial charge in [0.1, 0.15) is 17.7 Å². The number of aromatic nitrogens is 3. The predicted molar refractivity (Wildman–Crippen MR) is 138 cm³/mol. The van der Waals surface area contributed by atoms with Crippen LogP contribution in [0.25, 0.3) is 0 Å². The molecule has 0 unspecified atom stereocenters. The molecule has 10 nitrogen and oxygen atoms in total. The zero-order valence-electron chi connectivity index (χ0n) is 20.2. The number of H-pyrrole nitrogens is 1. The Kier molecular flexibility index (Phi) is 7.49. The van der Waals surface area contributed by atoms with Crippen molar-refractivity contribution in [1.29, 1.82) is 5.26 Å². The van der Waals surface area contributed by atoms with Crippen LogP contribution in [-0.2, 0) is 11.3 Å². The highest BCUT2D eigenvalue weighted by atomic mass is 16.2. The molecule has 1 fully saturated rings. The number of rotatable bonds is 7. The van der Waals surface area contributed by atoms with Gasteiger partial charge in [0.05, 0.1) is 12.1 Å². The lowest BCUT2D eigenvalue weighted by molar-refractivity contribution is -0.123. The maximum absolute atomic E-state index is 13.6. The predicted octanol–water partition coefficient (Wildman–Crippen LogP) is 2.09. The number of nitrogens with one attached hydrogen (secondary N) is 1. The summed E-state index contributed by atoms with van der Waals surface area (Å²) < 4.78 is 1.29. The Hall–Kier alpha value is -4.39. The van der Waals surface area contributed by atoms with E-state index in [1.165, 1.54) is 15.7 Å². The van der Waals surface area contributed by atoms with Gasteiger partial charge in [0.2, 0.25) is 5.91 Å². The third-order valence-electron chi connectivity index (χ3n) is 6.43. The fraction of sp³-hybridized carbons (Fsp3) is 0.346. The molecular formula is C26H29N7O3. The van der Waals surface area contributed by atoms with E-state index in [1.54, 1.807) is 12.1 Å². The lowest BCUT2D eigenvalue weighted by Gasteiger charge is -2.35. The Labute approximate surface area is 208 Å². The third kappa shape index (κ3) is 5.15. The largest absolute Gasteiger partial charge is 0.383 e. The summed E-state index contributed by atoms with van der Waals surface area (Å²) in [6, 6.07) is 14.9. The van der Waals surface area contributed by atoms with Crippen LogP contribution in [0.3, 0.4) is 0 Å². The van der Waals surface area contributed by atoms with Gasteiger partial charge in [-0.1, -0.05) is 37.3 Å². The summed E-state index contributed by atoms with van der Waals surface area (Å²) in [5.74, 6) is 0.276. The second kappa shape index (κ2) is 10.9. The molecule has 10 heteroatoms. The standard InChI is InChI=1S/C26H29N7O3/c1-2-12-32(22-23(28)33(26(36)30-24(22)34)17-18-6-4-3-5-7-18)25(35)20-10-13-31(14-11-20)21-9-8-19(15-27)16-29-21/h3-9,16,20H,2,10-14,17,28H2,1H3,(H,30,34,36). The first-order chi connectivity index (χ1) is 17.4. The number of nitrogens with two attached hydrogens (primary N) is 1. The third-order valence-corrected chi connectivity index (χ3v) is 6.43. The van der Waals surface area contributed by atoms with Crippen LogP contribution >= 0.6 is 0 Å². The van der Waals surface area contributed by atoms with Crippen molar-refractivity contribution in [1.82, 2.24) is 14.5 Å². The minimum absolute atomic E-state index is 0.0198. The lowest BCUT2D eigenvalue weighted by atomic mass is 9.95. The van der Waals surface area contributed by atoms with Crippen LogP contribution in [-0.4, -0.2) is 40.1 Å². The highest BCUT2D eigenvalue weighted by molar-refractivity contribution is 5.97. The number of anilines is 3. The van der Waals surface area contributed by atoms with Crippen LogP contribution in [0.4, 0.5) is 17.3 Å². The van der Waals surface area contributed by atoms with Crippen molar-refractivity contribution in [2.75, 3.05) is 35.2 Å². The number of benzene rings is 1. The highest BCUT2D eigenvalue weighted by Gasteiger charge is 2.32. The van der Waals surface area contributed by atoms with Crippen LogP contribution < -0.4 is 26.8 Å². The van der Waals surface area contributed by atoms with E-state index < -0.39 is 11.2 Å². The van der Waals surface area contributed by atoms with Gasteiger partial charge < -0.3 is 15.5 Å². The highest BCUT2D eigenvalue weighted by Crippen LogP contribution is 2.27. The second-order valence-electron chi connectivity index (χ2n) is 8.83. The molecule has 1 aliphatic rings. The van der Waals surface area contributed by atoms with E-state index >= 15 is 0 Å². The number of nitrogen functional groups attached to an aromatic ring is 1. The van der Waals surface area contributed by atoms with Crippen molar-refractivity contribution in [3.05, 3.63) is 80.6 Å². The van der Waals surface area contributed by atoms with E-state index in [9.17, 15) is 14.4 Å². The molecule has 1 aliphatic heterocycles. The first-order valence-corrected chi connectivity index (χ1v) is 12.0. The van der Waals surface area contributed by atoms with Gasteiger partial charge in [-0.25, -0.2) is 9.78 Å². The molecule has 3 aromatic rings. The molecule has 3 N–H and O–H groups in total. The zero-order valence-corrected chi connectivity index (χ0v) is 20.2. The van der Waals surface area contributed by atoms with Crippen LogP contribution in [0.2, 0.25) is 0 Å². The zero-order chi connectivity index (χ0) is 25.7. The molecule has 1 saturated heterocycles. The molecule has 0 saturated carbocycles. The molecule has 2 aromatic heterocycles. The number of carbonyl (C=O) groups excluding carboxylic acids is 1. The first kappa shape index (κ1) is 24.7. The van der Waals surface area contributed by atoms with Gasteiger partial charge in [-0.05, 0) is 37.0 Å². The van der Waals surface area contributed by atoms with Gasteiger partial charge >= 0.3 is 5.69 Å². The Morgan fingerprint density at radius 2 is 1.92 bits per heavy atom. The number of carbonyl (C=O) groups is 1. The van der Waals surface area contributed by atoms with Crippen LogP contribution in [0.1, 0.15) is 37.3 Å². The molecular weight excluding hydrogens is 458 g/mol. The van der Waals surface area contributed by atoms with Gasteiger partial charge in [-0.2, -0.15) is 5.26 Å². The number of pyridine rings is 1. The average molecular weight is 488 g/mol. The van der Waals surface area contributed by atoms with Gasteiger partial charge in [-0.15, -0.1) is 0 Å². The molecule has 36 heavy (non-hydrogen) atoms. The minimum Gasteiger partial charge on any atom is -0.383 e. The number of nitriles is 1. The normalized spacial score (nSPS) is 13.8. The Morgan fingerprint density at radius 3 is 2.53 bits per heavy atom. The molecule has 1 amide bonds. The van der Waals surface area contributed by atoms with E-state index in [-0.39, 0.29) is 29.9 Å². The van der Waals surface area contributed by atoms with Crippen LogP contribution in [0, 0.1) is 17.2 Å². The van der Waals surface area contributed by atoms with Crippen molar-refractivity contribution in [3.63, 3.8) is 0 Å². The minimum atomic E-state index is -0.664. The number of hydrogen-bond donors (Lipinski definition) is 2. The van der Waals surface area contributed by atoms with E-state index in [4.69, 9.17) is 11.0 Å². The van der Waals surface area contributed by atoms with Gasteiger partial charge in [-0.3, -0.25) is 19.1 Å². The Bertz CT molecular complexity index is 1370. The Morgan fingerprint density at radius 1 is 1.19 bits per heavy atom. The molecule has 0 aliphatic carbocycles. The second-order valence-corrected chi connectivity index (χ2v) is 8.83. The molecule has 1 aromatic carbocycles. The van der Waals surface area contributed by atoms with Crippen molar-refractivity contribution < 1.29 is 4.79 Å². The molecule has 4 rings (SSSR count). The SMILES string of the molecule is CCCN(C(=O)C1CCN(c2ccc(C#N)cn2)CC1)c1c(N)n(Cc2ccccc2)c(=O)[nH]c1=O. The van der Waals surface area contributed by atoms with Crippen LogP contribution in [0.15, 0.2) is 58.3 Å². The summed E-state index contributed by atoms with van der Waals surface area (Å²) in [5.41, 5.74) is 6.45. The summed E-state index contributed by atoms with van der Waals surface area (Å²) in [6.07, 6.45) is 3.33. The van der Waals surface area contributed by atoms with E-state index in [0.717, 1.165) is 11.4 Å². The van der Waals surface area contributed by atoms with E-state index in [2.05, 4.69) is 20.9 Å². The summed E-state index contributed by atoms with van der Waals surface area (Å²) in [6.45, 7) is 3.65. The first-order valence-electron chi connectivity index (χ1n) is 12.0. The summed E-state index contributed by atoms with van der Waals surface area (Å²) in [4.78, 5) is 49.3. The summed E-state index contributed by atoms with van der Waals surface area (Å²) >= 11 is 0. The summed E-state index contributed by atoms with van der Waals surface area (Å²) in [7, 11) is 0. The van der Waals surface area contributed by atoms with Crippen molar-refractivity contribution in [2.24, 2.45) is 5.92 Å². The van der Waals surface area contributed by atoms with Crippen molar-refractivity contribution >= 4 is 23.2 Å². The smallest absolute Gasteiger partial charge is 0.330 e. The van der Waals surface area contributed by atoms with E-state index in [1.807, 2.05) is 37.3 Å². The molecule has 0 atom stereocenters. The maximum Gasteiger partial charge on any atom is 0.330 e. The van der Waals surface area contributed by atoms with Crippen molar-refractivity contribution in [3.8, 4) is 6.07 Å². The topological polar surface area (TPSA) is 141 Å². The van der Waals surface area contributed by atoms with Crippen LogP contribution in [0.5, 0.6) is 0 Å². The number of piperidine rings is 1. The molecule has 3 heterocycles. The molecule has 0 bridgehead atoms. The average Bonchev–Trinajstić information content (AvgIpc) is 2.91. The van der Waals surface area contributed by atoms with Crippen molar-refractivity contribution in [2.45, 2.75) is 32.7 Å². The molecule has 186 valence electrons. The fourth-order valence-electron chi connectivity index (χ4n) is 4.53. The van der Waals surface area contributed by atoms with Gasteiger partial charge in [0.25, 0.3) is 5.56 Å². The summed E-state index contributed by atoms with van der Waals surface area (Å²) in [5, 5.41) is 8.97. The number of amides is 1. The lowest BCUT2D eigenvalue weighted by Crippen LogP contribution is -2.46. The molecule has 0 radical (unpaired) electrons. The van der Waals surface area contributed by atoms with Gasteiger partial charge in [0.15, 0.2) is 5.69 Å². The number of aromatic amines is 1. The number of hydrogen-bond acceptors (Lipinski definition) is 7. The van der Waals surface area contributed by atoms with Gasteiger partial charge in [0, 0.05) is 31.7 Å².